The van der Waals surface area contributed by atoms with Gasteiger partial charge in [-0.2, -0.15) is 0 Å². The van der Waals surface area contributed by atoms with Crippen molar-refractivity contribution >= 4 is 33.4 Å². The number of rotatable bonds is 3. The van der Waals surface area contributed by atoms with Gasteiger partial charge in [-0.15, -0.1) is 11.8 Å². The molecule has 0 aliphatic heterocycles. The predicted molar refractivity (Wildman–Crippen MR) is 74.1 cm³/mol. The number of anilines is 1. The highest BCUT2D eigenvalue weighted by atomic mass is 79.9. The molecule has 1 aromatic carbocycles. The molecule has 0 bridgehead atoms. The molecule has 2 N–H and O–H groups in total. The van der Waals surface area contributed by atoms with E-state index in [0.29, 0.717) is 0 Å². The Bertz CT molecular complexity index is 520. The van der Waals surface area contributed by atoms with Gasteiger partial charge in [0.2, 0.25) is 0 Å². The number of nitrogen functional groups attached to an aromatic ring is 1. The zero-order valence-corrected chi connectivity index (χ0v) is 12.1. The lowest BCUT2D eigenvalue weighted by atomic mass is 10.2. The monoisotopic (exact) mass is 312 g/mol. The zero-order valence-electron chi connectivity index (χ0n) is 9.66. The summed E-state index contributed by atoms with van der Waals surface area (Å²) >= 11 is 5.25. The van der Waals surface area contributed by atoms with Crippen LogP contribution in [0.4, 0.5) is 5.69 Å². The van der Waals surface area contributed by atoms with Crippen molar-refractivity contribution in [3.63, 3.8) is 0 Å². The highest BCUT2D eigenvalue weighted by Gasteiger charge is 2.10. The second-order valence-electron chi connectivity index (χ2n) is 3.78. The summed E-state index contributed by atoms with van der Waals surface area (Å²) in [6, 6.07) is 5.83. The minimum absolute atomic E-state index is 0.763. The fraction of sp³-hybridized carbons (Fsp3) is 0.250. The third kappa shape index (κ3) is 2.84. The summed E-state index contributed by atoms with van der Waals surface area (Å²) in [4.78, 5) is 1.17. The van der Waals surface area contributed by atoms with E-state index in [9.17, 15) is 0 Å². The molecule has 0 unspecified atom stereocenters. The van der Waals surface area contributed by atoms with Crippen LogP contribution in [-0.4, -0.2) is 5.16 Å². The first-order chi connectivity index (χ1) is 8.08. The smallest absolute Gasteiger partial charge is 0.137 e. The van der Waals surface area contributed by atoms with Crippen LogP contribution in [0.5, 0.6) is 0 Å². The van der Waals surface area contributed by atoms with Gasteiger partial charge in [0, 0.05) is 26.4 Å². The Hall–Kier alpha value is -0.940. The van der Waals surface area contributed by atoms with E-state index in [-0.39, 0.29) is 0 Å². The van der Waals surface area contributed by atoms with Crippen molar-refractivity contribution in [2.75, 3.05) is 5.73 Å². The van der Waals surface area contributed by atoms with Crippen LogP contribution >= 0.6 is 27.7 Å². The second-order valence-corrected chi connectivity index (χ2v) is 5.65. The van der Waals surface area contributed by atoms with Gasteiger partial charge in [0.05, 0.1) is 5.69 Å². The van der Waals surface area contributed by atoms with Crippen molar-refractivity contribution in [2.24, 2.45) is 0 Å². The van der Waals surface area contributed by atoms with Crippen LogP contribution < -0.4 is 5.73 Å². The van der Waals surface area contributed by atoms with E-state index in [2.05, 4.69) is 21.1 Å². The Kier molecular flexibility index (Phi) is 3.79. The molecule has 5 heteroatoms. The van der Waals surface area contributed by atoms with Gasteiger partial charge in [-0.05, 0) is 48.0 Å². The second kappa shape index (κ2) is 5.14. The Balaban J connectivity index is 2.13. The van der Waals surface area contributed by atoms with Crippen LogP contribution in [0.25, 0.3) is 0 Å². The molecule has 1 aromatic heterocycles. The van der Waals surface area contributed by atoms with E-state index in [1.54, 1.807) is 11.8 Å². The Morgan fingerprint density at radius 2 is 2.18 bits per heavy atom. The molecule has 90 valence electrons. The van der Waals surface area contributed by atoms with Crippen LogP contribution in [0.3, 0.4) is 0 Å². The highest BCUT2D eigenvalue weighted by Crippen LogP contribution is 2.32. The number of aromatic nitrogens is 1. The van der Waals surface area contributed by atoms with E-state index in [0.717, 1.165) is 27.4 Å². The van der Waals surface area contributed by atoms with E-state index >= 15 is 0 Å². The van der Waals surface area contributed by atoms with Gasteiger partial charge >= 0.3 is 0 Å². The van der Waals surface area contributed by atoms with Crippen molar-refractivity contribution in [1.82, 2.24) is 5.16 Å². The molecule has 3 nitrogen and oxygen atoms in total. The van der Waals surface area contributed by atoms with E-state index in [4.69, 9.17) is 10.3 Å². The Morgan fingerprint density at radius 1 is 1.41 bits per heavy atom. The van der Waals surface area contributed by atoms with Crippen molar-refractivity contribution in [3.05, 3.63) is 39.7 Å². The molecule has 2 aromatic rings. The lowest BCUT2D eigenvalue weighted by Gasteiger charge is -2.05. The Morgan fingerprint density at radius 3 is 2.76 bits per heavy atom. The Labute approximate surface area is 113 Å². The van der Waals surface area contributed by atoms with Gasteiger partial charge in [0.1, 0.15) is 5.76 Å². The molecular formula is C12H13BrN2OS. The molecular weight excluding hydrogens is 300 g/mol. The lowest BCUT2D eigenvalue weighted by molar-refractivity contribution is 0.392. The highest BCUT2D eigenvalue weighted by molar-refractivity contribution is 9.10. The normalized spacial score (nSPS) is 10.8. The topological polar surface area (TPSA) is 52.0 Å². The summed E-state index contributed by atoms with van der Waals surface area (Å²) in [7, 11) is 0. The van der Waals surface area contributed by atoms with E-state index in [1.165, 1.54) is 10.5 Å². The summed E-state index contributed by atoms with van der Waals surface area (Å²) in [5.74, 6) is 1.74. The third-order valence-corrected chi connectivity index (χ3v) is 4.53. The number of nitrogens with zero attached hydrogens (tertiary/aromatic N) is 1. The first-order valence-electron chi connectivity index (χ1n) is 5.17. The summed E-state index contributed by atoms with van der Waals surface area (Å²) in [5, 5.41) is 3.94. The van der Waals surface area contributed by atoms with Crippen molar-refractivity contribution in [1.29, 1.82) is 0 Å². The van der Waals surface area contributed by atoms with Crippen LogP contribution in [-0.2, 0) is 5.75 Å². The standard InChI is InChI=1S/C12H13BrN2OS/c1-7-10(8(2)16-15-7)6-17-12-4-3-9(14)5-11(12)13/h3-5H,6,14H2,1-2H3. The summed E-state index contributed by atoms with van der Waals surface area (Å²) in [6.07, 6.45) is 0. The molecule has 0 radical (unpaired) electrons. The minimum atomic E-state index is 0.763. The van der Waals surface area contributed by atoms with Crippen LogP contribution in [0.15, 0.2) is 32.1 Å². The molecule has 0 saturated heterocycles. The zero-order chi connectivity index (χ0) is 12.4. The predicted octanol–water partition coefficient (Wildman–Crippen LogP) is 3.93. The van der Waals surface area contributed by atoms with Crippen LogP contribution in [0.2, 0.25) is 0 Å². The first kappa shape index (κ1) is 12.5. The number of halogens is 1. The first-order valence-corrected chi connectivity index (χ1v) is 6.95. The van der Waals surface area contributed by atoms with Crippen molar-refractivity contribution in [3.8, 4) is 0 Å². The van der Waals surface area contributed by atoms with Crippen LogP contribution in [0, 0.1) is 13.8 Å². The number of hydrogen-bond acceptors (Lipinski definition) is 4. The minimum Gasteiger partial charge on any atom is -0.399 e. The fourth-order valence-corrected chi connectivity index (χ4v) is 3.30. The van der Waals surface area contributed by atoms with Gasteiger partial charge in [-0.3, -0.25) is 0 Å². The molecule has 2 rings (SSSR count). The average Bonchev–Trinajstić information content (AvgIpc) is 2.58. The van der Waals surface area contributed by atoms with Gasteiger partial charge in [0.15, 0.2) is 0 Å². The maximum Gasteiger partial charge on any atom is 0.137 e. The fourth-order valence-electron chi connectivity index (χ4n) is 1.49. The van der Waals surface area contributed by atoms with Crippen molar-refractivity contribution in [2.45, 2.75) is 24.5 Å². The SMILES string of the molecule is Cc1noc(C)c1CSc1ccc(N)cc1Br. The maximum atomic E-state index is 5.70. The molecule has 0 aliphatic rings. The van der Waals surface area contributed by atoms with Gasteiger partial charge in [-0.25, -0.2) is 0 Å². The molecule has 0 atom stereocenters. The molecule has 0 aliphatic carbocycles. The third-order valence-electron chi connectivity index (χ3n) is 2.51. The number of hydrogen-bond donors (Lipinski definition) is 1. The quantitative estimate of drug-likeness (QED) is 0.689. The lowest BCUT2D eigenvalue weighted by Crippen LogP contribution is -1.87. The van der Waals surface area contributed by atoms with E-state index in [1.807, 2.05) is 32.0 Å². The van der Waals surface area contributed by atoms with Gasteiger partial charge < -0.3 is 10.3 Å². The number of nitrogens with two attached hydrogens (primary N) is 1. The van der Waals surface area contributed by atoms with Crippen LogP contribution in [0.1, 0.15) is 17.0 Å². The molecule has 1 heterocycles. The molecule has 0 fully saturated rings. The molecule has 0 spiro atoms. The van der Waals surface area contributed by atoms with Gasteiger partial charge in [0.25, 0.3) is 0 Å². The number of benzene rings is 1. The largest absolute Gasteiger partial charge is 0.399 e. The molecule has 17 heavy (non-hydrogen) atoms. The molecule has 0 amide bonds. The summed E-state index contributed by atoms with van der Waals surface area (Å²) < 4.78 is 6.16. The number of aryl methyl sites for hydroxylation is 2. The summed E-state index contributed by atoms with van der Waals surface area (Å²) in [6.45, 7) is 3.90. The average molecular weight is 313 g/mol. The summed E-state index contributed by atoms with van der Waals surface area (Å²) in [5.41, 5.74) is 8.59. The molecule has 0 saturated carbocycles. The van der Waals surface area contributed by atoms with Gasteiger partial charge in [-0.1, -0.05) is 5.16 Å². The number of thioether (sulfide) groups is 1. The maximum absolute atomic E-state index is 5.70. The van der Waals surface area contributed by atoms with E-state index < -0.39 is 0 Å². The van der Waals surface area contributed by atoms with Crippen molar-refractivity contribution < 1.29 is 4.52 Å².